The van der Waals surface area contributed by atoms with Crippen LogP contribution in [-0.4, -0.2) is 13.7 Å². The van der Waals surface area contributed by atoms with Crippen LogP contribution in [0.15, 0.2) is 48.5 Å². The number of fused-ring (bicyclic) bond motifs is 1. The van der Waals surface area contributed by atoms with Crippen LogP contribution in [0.5, 0.6) is 11.5 Å². The molecule has 3 aromatic rings. The number of unbranched alkanes of at least 4 members (excludes halogenated alkanes) is 1. The molecular formula is C24H23FO2. The van der Waals surface area contributed by atoms with E-state index in [-0.39, 0.29) is 5.82 Å². The van der Waals surface area contributed by atoms with Gasteiger partial charge in [-0.3, -0.25) is 0 Å². The van der Waals surface area contributed by atoms with Crippen molar-refractivity contribution >= 4 is 10.8 Å². The molecule has 0 heterocycles. The molecule has 0 unspecified atom stereocenters. The molecule has 0 N–H and O–H groups in total. The lowest BCUT2D eigenvalue weighted by atomic mass is 10.1. The number of benzene rings is 3. The van der Waals surface area contributed by atoms with Crippen LogP contribution < -0.4 is 9.47 Å². The molecule has 0 fully saturated rings. The first-order valence-corrected chi connectivity index (χ1v) is 9.13. The van der Waals surface area contributed by atoms with Crippen molar-refractivity contribution in [1.29, 1.82) is 0 Å². The minimum atomic E-state index is -0.369. The molecule has 0 saturated carbocycles. The standard InChI is InChI=1S/C24H23FO2/c1-4-5-12-27-24-13-17(2)19(16-23(24)25)8-6-18-7-9-21-15-22(26-3)11-10-20(21)14-18/h7,9-11,13-16H,4-5,12H2,1-3H3. The van der Waals surface area contributed by atoms with Crippen molar-refractivity contribution < 1.29 is 13.9 Å². The Balaban J connectivity index is 1.84. The van der Waals surface area contributed by atoms with Gasteiger partial charge in [-0.2, -0.15) is 0 Å². The van der Waals surface area contributed by atoms with Crippen LogP contribution in [0.2, 0.25) is 0 Å². The van der Waals surface area contributed by atoms with E-state index in [4.69, 9.17) is 9.47 Å². The highest BCUT2D eigenvalue weighted by atomic mass is 19.1. The summed E-state index contributed by atoms with van der Waals surface area (Å²) in [6, 6.07) is 15.1. The third-order valence-electron chi connectivity index (χ3n) is 4.42. The molecule has 3 aromatic carbocycles. The summed E-state index contributed by atoms with van der Waals surface area (Å²) in [7, 11) is 1.66. The van der Waals surface area contributed by atoms with E-state index < -0.39 is 0 Å². The molecular weight excluding hydrogens is 339 g/mol. The minimum absolute atomic E-state index is 0.297. The fraction of sp³-hybridized carbons (Fsp3) is 0.250. The molecule has 0 atom stereocenters. The predicted octanol–water partition coefficient (Wildman–Crippen LogP) is 5.87. The van der Waals surface area contributed by atoms with E-state index in [9.17, 15) is 4.39 Å². The van der Waals surface area contributed by atoms with E-state index >= 15 is 0 Å². The summed E-state index contributed by atoms with van der Waals surface area (Å²) in [5.74, 6) is 6.97. The molecule has 0 bridgehead atoms. The summed E-state index contributed by atoms with van der Waals surface area (Å²) in [5, 5.41) is 2.18. The van der Waals surface area contributed by atoms with Crippen LogP contribution >= 0.6 is 0 Å². The maximum absolute atomic E-state index is 14.3. The highest BCUT2D eigenvalue weighted by molar-refractivity contribution is 5.85. The average Bonchev–Trinajstić information content (AvgIpc) is 2.68. The van der Waals surface area contributed by atoms with Crippen molar-refractivity contribution in [3.05, 3.63) is 71.0 Å². The molecule has 0 radical (unpaired) electrons. The molecule has 138 valence electrons. The van der Waals surface area contributed by atoms with Crippen LogP contribution in [0, 0.1) is 24.6 Å². The zero-order valence-corrected chi connectivity index (χ0v) is 15.9. The van der Waals surface area contributed by atoms with Crippen LogP contribution in [-0.2, 0) is 0 Å². The quantitative estimate of drug-likeness (QED) is 0.417. The van der Waals surface area contributed by atoms with Crippen LogP contribution in [0.25, 0.3) is 10.8 Å². The van der Waals surface area contributed by atoms with Crippen LogP contribution in [0.4, 0.5) is 4.39 Å². The van der Waals surface area contributed by atoms with Gasteiger partial charge in [0.15, 0.2) is 11.6 Å². The molecule has 0 saturated heterocycles. The third-order valence-corrected chi connectivity index (χ3v) is 4.42. The first-order chi connectivity index (χ1) is 13.1. The molecule has 3 heteroatoms. The molecule has 0 aliphatic carbocycles. The number of ether oxygens (including phenoxy) is 2. The van der Waals surface area contributed by atoms with E-state index in [0.29, 0.717) is 17.9 Å². The van der Waals surface area contributed by atoms with Crippen LogP contribution in [0.3, 0.4) is 0 Å². The SMILES string of the molecule is CCCCOc1cc(C)c(C#Cc2ccc3cc(OC)ccc3c2)cc1F. The van der Waals surface area contributed by atoms with Crippen molar-refractivity contribution in [3.8, 4) is 23.3 Å². The van der Waals surface area contributed by atoms with E-state index in [1.54, 1.807) is 13.2 Å². The van der Waals surface area contributed by atoms with E-state index in [0.717, 1.165) is 40.5 Å². The smallest absolute Gasteiger partial charge is 0.166 e. The largest absolute Gasteiger partial charge is 0.497 e. The summed E-state index contributed by atoms with van der Waals surface area (Å²) >= 11 is 0. The summed E-state index contributed by atoms with van der Waals surface area (Å²) in [4.78, 5) is 0. The zero-order chi connectivity index (χ0) is 19.2. The lowest BCUT2D eigenvalue weighted by molar-refractivity contribution is 0.294. The fourth-order valence-corrected chi connectivity index (χ4v) is 2.79. The van der Waals surface area contributed by atoms with Gasteiger partial charge in [0, 0.05) is 11.1 Å². The third kappa shape index (κ3) is 4.60. The lowest BCUT2D eigenvalue weighted by Crippen LogP contribution is -2.00. The van der Waals surface area contributed by atoms with Gasteiger partial charge in [0.05, 0.1) is 13.7 Å². The maximum atomic E-state index is 14.3. The van der Waals surface area contributed by atoms with Crippen molar-refractivity contribution in [2.75, 3.05) is 13.7 Å². The van der Waals surface area contributed by atoms with Crippen molar-refractivity contribution in [3.63, 3.8) is 0 Å². The predicted molar refractivity (Wildman–Crippen MR) is 108 cm³/mol. The van der Waals surface area contributed by atoms with Gasteiger partial charge >= 0.3 is 0 Å². The average molecular weight is 362 g/mol. The summed E-state index contributed by atoms with van der Waals surface area (Å²) in [6.45, 7) is 4.52. The van der Waals surface area contributed by atoms with E-state index in [2.05, 4.69) is 18.8 Å². The van der Waals surface area contributed by atoms with Gasteiger partial charge in [-0.1, -0.05) is 37.3 Å². The molecule has 0 aromatic heterocycles. The minimum Gasteiger partial charge on any atom is -0.497 e. The fourth-order valence-electron chi connectivity index (χ4n) is 2.79. The Kier molecular flexibility index (Phi) is 5.98. The summed E-state index contributed by atoms with van der Waals surface area (Å²) < 4.78 is 25.0. The maximum Gasteiger partial charge on any atom is 0.166 e. The number of methoxy groups -OCH3 is 1. The van der Waals surface area contributed by atoms with Gasteiger partial charge < -0.3 is 9.47 Å². The van der Waals surface area contributed by atoms with E-state index in [1.807, 2.05) is 43.3 Å². The van der Waals surface area contributed by atoms with Crippen molar-refractivity contribution in [2.24, 2.45) is 0 Å². The van der Waals surface area contributed by atoms with Gasteiger partial charge in [-0.25, -0.2) is 4.39 Å². The second kappa shape index (κ2) is 8.60. The van der Waals surface area contributed by atoms with Crippen molar-refractivity contribution in [1.82, 2.24) is 0 Å². The molecule has 0 amide bonds. The molecule has 0 aliphatic rings. The second-order valence-electron chi connectivity index (χ2n) is 6.48. The molecule has 3 rings (SSSR count). The number of hydrogen-bond donors (Lipinski definition) is 0. The Morgan fingerprint density at radius 1 is 0.963 bits per heavy atom. The monoisotopic (exact) mass is 362 g/mol. The van der Waals surface area contributed by atoms with Crippen molar-refractivity contribution in [2.45, 2.75) is 26.7 Å². The summed E-state index contributed by atoms with van der Waals surface area (Å²) in [5.41, 5.74) is 2.46. The first kappa shape index (κ1) is 18.8. The number of halogens is 1. The van der Waals surface area contributed by atoms with Gasteiger partial charge in [-0.15, -0.1) is 0 Å². The number of aryl methyl sites for hydroxylation is 1. The molecule has 0 spiro atoms. The van der Waals surface area contributed by atoms with Gasteiger partial charge in [0.2, 0.25) is 0 Å². The van der Waals surface area contributed by atoms with Gasteiger partial charge in [0.25, 0.3) is 0 Å². The Morgan fingerprint density at radius 2 is 1.74 bits per heavy atom. The number of hydrogen-bond acceptors (Lipinski definition) is 2. The Morgan fingerprint density at radius 3 is 2.52 bits per heavy atom. The highest BCUT2D eigenvalue weighted by Gasteiger charge is 2.07. The first-order valence-electron chi connectivity index (χ1n) is 9.13. The Bertz CT molecular complexity index is 1010. The molecule has 0 aliphatic heterocycles. The normalized spacial score (nSPS) is 10.4. The van der Waals surface area contributed by atoms with Gasteiger partial charge in [-0.05, 0) is 66.1 Å². The second-order valence-corrected chi connectivity index (χ2v) is 6.48. The van der Waals surface area contributed by atoms with Gasteiger partial charge in [0.1, 0.15) is 5.75 Å². The zero-order valence-electron chi connectivity index (χ0n) is 15.9. The number of rotatable bonds is 5. The van der Waals surface area contributed by atoms with E-state index in [1.165, 1.54) is 6.07 Å². The lowest BCUT2D eigenvalue weighted by Gasteiger charge is -2.08. The Labute approximate surface area is 159 Å². The summed E-state index contributed by atoms with van der Waals surface area (Å²) in [6.07, 6.45) is 1.93. The topological polar surface area (TPSA) is 18.5 Å². The highest BCUT2D eigenvalue weighted by Crippen LogP contribution is 2.23. The van der Waals surface area contributed by atoms with Crippen LogP contribution in [0.1, 0.15) is 36.5 Å². The Hall–Kier alpha value is -2.99. The molecule has 2 nitrogen and oxygen atoms in total. The molecule has 27 heavy (non-hydrogen) atoms.